The fourth-order valence-corrected chi connectivity index (χ4v) is 5.77. The predicted octanol–water partition coefficient (Wildman–Crippen LogP) is 7.87. The zero-order chi connectivity index (χ0) is 31.4. The number of rotatable bonds is 8. The first-order valence-electron chi connectivity index (χ1n) is 13.5. The molecule has 43 heavy (non-hydrogen) atoms. The van der Waals surface area contributed by atoms with Gasteiger partial charge >= 0.3 is 18.3 Å². The predicted molar refractivity (Wildman–Crippen MR) is 150 cm³/mol. The van der Waals surface area contributed by atoms with E-state index < -0.39 is 34.9 Å². The highest BCUT2D eigenvalue weighted by atomic mass is 35.5. The molecule has 12 heteroatoms. The number of methoxy groups -OCH3 is 1. The largest absolute Gasteiger partial charge is 0.497 e. The van der Waals surface area contributed by atoms with Gasteiger partial charge in [0.2, 0.25) is 0 Å². The lowest BCUT2D eigenvalue weighted by Crippen LogP contribution is -2.41. The number of aromatic nitrogens is 1. The van der Waals surface area contributed by atoms with Crippen LogP contribution >= 0.6 is 11.6 Å². The summed E-state index contributed by atoms with van der Waals surface area (Å²) in [6.07, 6.45) is -5.27. The number of carbonyl (C=O) groups is 1. The number of aryl methyl sites for hydroxylation is 1. The molecule has 1 N–H and O–H groups in total. The van der Waals surface area contributed by atoms with Gasteiger partial charge < -0.3 is 9.84 Å². The van der Waals surface area contributed by atoms with Gasteiger partial charge in [-0.15, -0.1) is 0 Å². The number of ether oxygens (including phenoxy) is 1. The van der Waals surface area contributed by atoms with E-state index in [0.29, 0.717) is 68.1 Å². The third-order valence-electron chi connectivity index (χ3n) is 7.83. The van der Waals surface area contributed by atoms with E-state index in [1.165, 1.54) is 0 Å². The minimum Gasteiger partial charge on any atom is -0.497 e. The number of alkyl halides is 6. The molecule has 4 rings (SSSR count). The summed E-state index contributed by atoms with van der Waals surface area (Å²) >= 11 is 6.48. The van der Waals surface area contributed by atoms with E-state index in [-0.39, 0.29) is 24.6 Å². The highest BCUT2D eigenvalue weighted by Gasteiger charge is 2.37. The number of carboxylic acids is 1. The summed E-state index contributed by atoms with van der Waals surface area (Å²) in [6, 6.07) is 6.81. The summed E-state index contributed by atoms with van der Waals surface area (Å²) in [4.78, 5) is 18.1. The number of benzene rings is 2. The number of hydrogen-bond acceptors (Lipinski definition) is 4. The summed E-state index contributed by atoms with van der Waals surface area (Å²) in [5.41, 5.74) is -1.99. The van der Waals surface area contributed by atoms with Crippen molar-refractivity contribution in [1.29, 1.82) is 0 Å². The summed E-state index contributed by atoms with van der Waals surface area (Å²) in [5, 5.41) is 11.0. The Labute approximate surface area is 249 Å². The maximum Gasteiger partial charge on any atom is 0.416 e. The number of carboxylic acid groups (broad SMARTS) is 1. The molecule has 2 heterocycles. The number of nitrogens with zero attached hydrogens (tertiary/aromatic N) is 2. The number of piperidine rings is 1. The molecular formula is C31H29ClF6N2O3. The van der Waals surface area contributed by atoms with Crippen molar-refractivity contribution in [2.45, 2.75) is 50.9 Å². The number of hydrogen-bond donors (Lipinski definition) is 1. The number of likely N-dealkylation sites (tertiary alicyclic amines) is 1. The van der Waals surface area contributed by atoms with Gasteiger partial charge in [0.1, 0.15) is 5.75 Å². The molecule has 1 aliphatic heterocycles. The minimum atomic E-state index is -4.94. The Kier molecular flexibility index (Phi) is 9.82. The molecule has 0 bridgehead atoms. The van der Waals surface area contributed by atoms with E-state index in [1.807, 2.05) is 23.1 Å². The Hall–Kier alpha value is -3.49. The Morgan fingerprint density at radius 3 is 2.30 bits per heavy atom. The van der Waals surface area contributed by atoms with Crippen LogP contribution in [0.2, 0.25) is 5.02 Å². The fraction of sp³-hybridized carbons (Fsp3) is 0.419. The molecule has 230 valence electrons. The maximum absolute atomic E-state index is 13.1. The quantitative estimate of drug-likeness (QED) is 0.204. The van der Waals surface area contributed by atoms with Crippen LogP contribution < -0.4 is 4.74 Å². The lowest BCUT2D eigenvalue weighted by atomic mass is 9.72. The zero-order valence-electron chi connectivity index (χ0n) is 23.2. The van der Waals surface area contributed by atoms with E-state index in [4.69, 9.17) is 16.3 Å². The SMILES string of the molecule is COc1ccc2ncc(Cl)c(CCCC3(CC(=O)O)CCN(CC#Cc4cc(C(F)(F)F)cc(C(F)(F)F)c4)CC3)c2c1. The summed E-state index contributed by atoms with van der Waals surface area (Å²) in [7, 11) is 1.57. The topological polar surface area (TPSA) is 62.7 Å². The van der Waals surface area contributed by atoms with Gasteiger partial charge in [-0.1, -0.05) is 23.4 Å². The van der Waals surface area contributed by atoms with Crippen molar-refractivity contribution < 1.29 is 41.0 Å². The van der Waals surface area contributed by atoms with Gasteiger partial charge in [-0.2, -0.15) is 26.3 Å². The number of halogens is 7. The van der Waals surface area contributed by atoms with Crippen LogP contribution in [-0.2, 0) is 23.6 Å². The van der Waals surface area contributed by atoms with Gasteiger partial charge in [0.05, 0.1) is 41.7 Å². The molecule has 0 radical (unpaired) electrons. The average Bonchev–Trinajstić information content (AvgIpc) is 2.93. The zero-order valence-corrected chi connectivity index (χ0v) is 24.0. The first kappa shape index (κ1) is 32.4. The van der Waals surface area contributed by atoms with E-state index in [9.17, 15) is 36.2 Å². The van der Waals surface area contributed by atoms with Crippen LogP contribution in [0, 0.1) is 17.3 Å². The average molecular weight is 627 g/mol. The Morgan fingerprint density at radius 2 is 1.72 bits per heavy atom. The van der Waals surface area contributed by atoms with Crippen molar-refractivity contribution in [3.8, 4) is 17.6 Å². The van der Waals surface area contributed by atoms with Crippen molar-refractivity contribution in [2.24, 2.45) is 5.41 Å². The molecule has 0 unspecified atom stereocenters. The molecule has 3 aromatic rings. The van der Waals surface area contributed by atoms with E-state index >= 15 is 0 Å². The molecule has 0 spiro atoms. The standard InChI is InChI=1S/C31H29ClF6N2O3/c1-43-23-6-7-27-25(17-23)24(26(32)19-39-27)5-2-8-29(18-28(41)42)9-12-40(13-10-29)11-3-4-20-14-21(30(33,34)35)16-22(15-20)31(36,37)38/h6-7,14-17,19H,2,5,8-13,18H2,1H3,(H,41,42). The van der Waals surface area contributed by atoms with Crippen LogP contribution in [0.25, 0.3) is 10.9 Å². The third kappa shape index (κ3) is 8.33. The Morgan fingerprint density at radius 1 is 1.07 bits per heavy atom. The molecule has 1 aliphatic rings. The van der Waals surface area contributed by atoms with Crippen LogP contribution in [0.15, 0.2) is 42.6 Å². The number of fused-ring (bicyclic) bond motifs is 1. The number of pyridine rings is 1. The molecule has 5 nitrogen and oxygen atoms in total. The third-order valence-corrected chi connectivity index (χ3v) is 8.16. The minimum absolute atomic E-state index is 0.0182. The van der Waals surface area contributed by atoms with Crippen LogP contribution in [0.5, 0.6) is 5.75 Å². The molecule has 0 amide bonds. The molecule has 0 atom stereocenters. The molecular weight excluding hydrogens is 598 g/mol. The summed E-state index contributed by atoms with van der Waals surface area (Å²) in [5.74, 6) is 4.89. The first-order valence-corrected chi connectivity index (χ1v) is 13.9. The van der Waals surface area contributed by atoms with E-state index in [1.54, 1.807) is 13.3 Å². The van der Waals surface area contributed by atoms with Crippen LogP contribution in [0.3, 0.4) is 0 Å². The van der Waals surface area contributed by atoms with Crippen molar-refractivity contribution >= 4 is 28.5 Å². The molecule has 2 aromatic carbocycles. The number of aliphatic carboxylic acids is 1. The van der Waals surface area contributed by atoms with Crippen molar-refractivity contribution in [1.82, 2.24) is 9.88 Å². The Balaban J connectivity index is 1.42. The molecule has 1 aromatic heterocycles. The molecule has 0 aliphatic carbocycles. The lowest BCUT2D eigenvalue weighted by Gasteiger charge is -2.40. The van der Waals surface area contributed by atoms with Gasteiger partial charge in [-0.05, 0) is 92.6 Å². The molecule has 0 saturated carbocycles. The second-order valence-electron chi connectivity index (χ2n) is 10.8. The molecule has 1 saturated heterocycles. The second kappa shape index (κ2) is 13.0. The van der Waals surface area contributed by atoms with Crippen molar-refractivity contribution in [3.05, 3.63) is 69.9 Å². The normalized spacial score (nSPS) is 15.6. The second-order valence-corrected chi connectivity index (χ2v) is 11.2. The fourth-order valence-electron chi connectivity index (χ4n) is 5.53. The maximum atomic E-state index is 13.1. The van der Waals surface area contributed by atoms with Gasteiger partial charge in [-0.3, -0.25) is 14.7 Å². The first-order chi connectivity index (χ1) is 20.2. The van der Waals surface area contributed by atoms with Crippen LogP contribution in [-0.4, -0.2) is 47.7 Å². The highest BCUT2D eigenvalue weighted by Crippen LogP contribution is 2.41. The highest BCUT2D eigenvalue weighted by molar-refractivity contribution is 6.32. The van der Waals surface area contributed by atoms with Crippen molar-refractivity contribution in [2.75, 3.05) is 26.7 Å². The van der Waals surface area contributed by atoms with Gasteiger partial charge in [0, 0.05) is 17.1 Å². The van der Waals surface area contributed by atoms with E-state index in [2.05, 4.69) is 16.8 Å². The van der Waals surface area contributed by atoms with E-state index in [0.717, 1.165) is 16.5 Å². The molecule has 1 fully saturated rings. The smallest absolute Gasteiger partial charge is 0.416 e. The lowest BCUT2D eigenvalue weighted by molar-refractivity contribution is -0.143. The van der Waals surface area contributed by atoms with Gasteiger partial charge in [-0.25, -0.2) is 0 Å². The van der Waals surface area contributed by atoms with Gasteiger partial charge in [0.15, 0.2) is 0 Å². The summed E-state index contributed by atoms with van der Waals surface area (Å²) < 4.78 is 84.2. The summed E-state index contributed by atoms with van der Waals surface area (Å²) in [6.45, 7) is 1.12. The van der Waals surface area contributed by atoms with Gasteiger partial charge in [0.25, 0.3) is 0 Å². The van der Waals surface area contributed by atoms with Crippen LogP contribution in [0.1, 0.15) is 54.4 Å². The monoisotopic (exact) mass is 626 g/mol. The van der Waals surface area contributed by atoms with Crippen molar-refractivity contribution in [3.63, 3.8) is 0 Å². The Bertz CT molecular complexity index is 1500. The van der Waals surface area contributed by atoms with Crippen LogP contribution in [0.4, 0.5) is 26.3 Å².